The third-order valence-electron chi connectivity index (χ3n) is 3.45. The molecule has 0 saturated carbocycles. The van der Waals surface area contributed by atoms with Crippen LogP contribution in [0.5, 0.6) is 0 Å². The number of carbonyl (C=O) groups excluding carboxylic acids is 1. The zero-order valence-corrected chi connectivity index (χ0v) is 12.0. The van der Waals surface area contributed by atoms with Gasteiger partial charge in [-0.2, -0.15) is 13.2 Å². The van der Waals surface area contributed by atoms with Crippen LogP contribution in [-0.4, -0.2) is 22.4 Å². The quantitative estimate of drug-likeness (QED) is 0.941. The van der Waals surface area contributed by atoms with E-state index in [9.17, 15) is 18.0 Å². The Balaban J connectivity index is 1.75. The van der Waals surface area contributed by atoms with E-state index in [-0.39, 0.29) is 11.9 Å². The van der Waals surface area contributed by atoms with Crippen LogP contribution in [0.15, 0.2) is 36.5 Å². The van der Waals surface area contributed by atoms with Gasteiger partial charge in [-0.25, -0.2) is 9.97 Å². The van der Waals surface area contributed by atoms with Crippen LogP contribution in [0.25, 0.3) is 0 Å². The zero-order valence-electron chi connectivity index (χ0n) is 12.0. The second-order valence-electron chi connectivity index (χ2n) is 5.08. The number of alkyl halides is 3. The monoisotopic (exact) mass is 322 g/mol. The molecule has 0 aliphatic carbocycles. The van der Waals surface area contributed by atoms with Gasteiger partial charge in [0, 0.05) is 30.5 Å². The number of halogens is 3. The van der Waals surface area contributed by atoms with E-state index < -0.39 is 11.9 Å². The third-order valence-corrected chi connectivity index (χ3v) is 3.45. The molecule has 0 radical (unpaired) electrons. The number of hydrogen-bond acceptors (Lipinski definition) is 4. The van der Waals surface area contributed by atoms with Gasteiger partial charge >= 0.3 is 6.18 Å². The van der Waals surface area contributed by atoms with Crippen molar-refractivity contribution in [3.05, 3.63) is 42.2 Å². The third kappa shape index (κ3) is 3.41. The maximum absolute atomic E-state index is 12.6. The molecule has 1 aliphatic heterocycles. The molecule has 1 saturated heterocycles. The van der Waals surface area contributed by atoms with Gasteiger partial charge in [-0.15, -0.1) is 0 Å². The number of nitrogens with zero attached hydrogens (tertiary/aromatic N) is 3. The molecule has 1 fully saturated rings. The second kappa shape index (κ2) is 5.86. The van der Waals surface area contributed by atoms with Crippen LogP contribution in [0.2, 0.25) is 0 Å². The van der Waals surface area contributed by atoms with Gasteiger partial charge in [0.2, 0.25) is 11.9 Å². The van der Waals surface area contributed by atoms with Gasteiger partial charge in [-0.05, 0) is 36.8 Å². The van der Waals surface area contributed by atoms with Crippen LogP contribution in [-0.2, 0) is 11.0 Å². The molecule has 2 aromatic rings. The molecular formula is C15H13F3N4O. The van der Waals surface area contributed by atoms with Crippen molar-refractivity contribution < 1.29 is 18.0 Å². The van der Waals surface area contributed by atoms with Crippen LogP contribution >= 0.6 is 0 Å². The first-order valence-electron chi connectivity index (χ1n) is 7.01. The summed E-state index contributed by atoms with van der Waals surface area (Å²) in [6.45, 7) is 0.683. The number of carbonyl (C=O) groups is 1. The van der Waals surface area contributed by atoms with E-state index in [0.717, 1.165) is 24.4 Å². The molecule has 8 heteroatoms. The fourth-order valence-electron chi connectivity index (χ4n) is 2.35. The summed E-state index contributed by atoms with van der Waals surface area (Å²) >= 11 is 0. The second-order valence-corrected chi connectivity index (χ2v) is 5.08. The molecule has 1 aromatic heterocycles. The molecule has 1 N–H and O–H groups in total. The molecule has 0 bridgehead atoms. The summed E-state index contributed by atoms with van der Waals surface area (Å²) < 4.78 is 37.8. The number of nitrogens with one attached hydrogen (secondary N) is 1. The number of hydrogen-bond donors (Lipinski definition) is 1. The topological polar surface area (TPSA) is 58.1 Å². The van der Waals surface area contributed by atoms with Gasteiger partial charge in [0.1, 0.15) is 5.69 Å². The van der Waals surface area contributed by atoms with Gasteiger partial charge in [0.15, 0.2) is 0 Å². The highest BCUT2D eigenvalue weighted by Gasteiger charge is 2.32. The van der Waals surface area contributed by atoms with Crippen molar-refractivity contribution in [2.75, 3.05) is 16.8 Å². The summed E-state index contributed by atoms with van der Waals surface area (Å²) in [5, 5.41) is 2.72. The van der Waals surface area contributed by atoms with Crippen molar-refractivity contribution in [3.63, 3.8) is 0 Å². The number of aromatic nitrogens is 2. The molecular weight excluding hydrogens is 309 g/mol. The van der Waals surface area contributed by atoms with Crippen molar-refractivity contribution >= 4 is 23.2 Å². The molecule has 0 atom stereocenters. The Morgan fingerprint density at radius 3 is 2.48 bits per heavy atom. The van der Waals surface area contributed by atoms with Crippen molar-refractivity contribution in [1.82, 2.24) is 9.97 Å². The summed E-state index contributed by atoms with van der Waals surface area (Å²) in [7, 11) is 0. The predicted octanol–water partition coefficient (Wildman–Crippen LogP) is 3.37. The standard InChI is InChI=1S/C15H13F3N4O/c16-15(17,18)12-7-8-19-14(21-12)20-10-3-5-11(6-4-10)22-9-1-2-13(22)23/h3-8H,1-2,9H2,(H,19,20,21). The van der Waals surface area contributed by atoms with Gasteiger partial charge in [-0.3, -0.25) is 4.79 Å². The van der Waals surface area contributed by atoms with Gasteiger partial charge < -0.3 is 10.2 Å². The number of rotatable bonds is 3. The smallest absolute Gasteiger partial charge is 0.324 e. The molecule has 120 valence electrons. The van der Waals surface area contributed by atoms with E-state index >= 15 is 0 Å². The first-order chi connectivity index (χ1) is 10.9. The zero-order chi connectivity index (χ0) is 16.4. The van der Waals surface area contributed by atoms with Crippen LogP contribution in [0.1, 0.15) is 18.5 Å². The SMILES string of the molecule is O=C1CCCN1c1ccc(Nc2nccc(C(F)(F)F)n2)cc1. The van der Waals surface area contributed by atoms with Crippen LogP contribution < -0.4 is 10.2 Å². The molecule has 1 aliphatic rings. The number of amides is 1. The highest BCUT2D eigenvalue weighted by atomic mass is 19.4. The molecule has 0 spiro atoms. The van der Waals surface area contributed by atoms with Gasteiger partial charge in [0.05, 0.1) is 0 Å². The summed E-state index contributed by atoms with van der Waals surface area (Å²) in [5.41, 5.74) is 0.303. The highest BCUT2D eigenvalue weighted by molar-refractivity contribution is 5.95. The van der Waals surface area contributed by atoms with Crippen molar-refractivity contribution in [2.24, 2.45) is 0 Å². The minimum Gasteiger partial charge on any atom is -0.324 e. The average Bonchev–Trinajstić information content (AvgIpc) is 2.94. The molecule has 2 heterocycles. The summed E-state index contributed by atoms with van der Waals surface area (Å²) in [4.78, 5) is 20.6. The molecule has 1 aromatic carbocycles. The fourth-order valence-corrected chi connectivity index (χ4v) is 2.35. The Kier molecular flexibility index (Phi) is 3.89. The van der Waals surface area contributed by atoms with E-state index in [2.05, 4.69) is 15.3 Å². The van der Waals surface area contributed by atoms with E-state index in [1.165, 1.54) is 0 Å². The van der Waals surface area contributed by atoms with E-state index in [4.69, 9.17) is 0 Å². The summed E-state index contributed by atoms with van der Waals surface area (Å²) in [5.74, 6) is -0.0586. The first kappa shape index (κ1) is 15.3. The predicted molar refractivity (Wildman–Crippen MR) is 78.3 cm³/mol. The van der Waals surface area contributed by atoms with Crippen LogP contribution in [0, 0.1) is 0 Å². The number of anilines is 3. The molecule has 3 rings (SSSR count). The van der Waals surface area contributed by atoms with Gasteiger partial charge in [0.25, 0.3) is 0 Å². The Morgan fingerprint density at radius 1 is 1.13 bits per heavy atom. The lowest BCUT2D eigenvalue weighted by Gasteiger charge is -2.16. The number of benzene rings is 1. The largest absolute Gasteiger partial charge is 0.433 e. The lowest BCUT2D eigenvalue weighted by Crippen LogP contribution is -2.23. The van der Waals surface area contributed by atoms with E-state index in [1.54, 1.807) is 29.2 Å². The molecule has 1 amide bonds. The van der Waals surface area contributed by atoms with E-state index in [1.807, 2.05) is 0 Å². The maximum atomic E-state index is 12.6. The van der Waals surface area contributed by atoms with Crippen molar-refractivity contribution in [2.45, 2.75) is 19.0 Å². The van der Waals surface area contributed by atoms with Gasteiger partial charge in [-0.1, -0.05) is 0 Å². The van der Waals surface area contributed by atoms with Crippen molar-refractivity contribution in [3.8, 4) is 0 Å². The van der Waals surface area contributed by atoms with Crippen LogP contribution in [0.3, 0.4) is 0 Å². The molecule has 23 heavy (non-hydrogen) atoms. The molecule has 5 nitrogen and oxygen atoms in total. The minimum atomic E-state index is -4.51. The maximum Gasteiger partial charge on any atom is 0.433 e. The summed E-state index contributed by atoms with van der Waals surface area (Å²) in [6, 6.07) is 7.63. The fraction of sp³-hybridized carbons (Fsp3) is 0.267. The van der Waals surface area contributed by atoms with E-state index in [0.29, 0.717) is 18.7 Å². The van der Waals surface area contributed by atoms with Crippen LogP contribution in [0.4, 0.5) is 30.5 Å². The highest BCUT2D eigenvalue weighted by Crippen LogP contribution is 2.28. The Labute approximate surface area is 130 Å². The Hall–Kier alpha value is -2.64. The Morgan fingerprint density at radius 2 is 1.87 bits per heavy atom. The summed E-state index contributed by atoms with van der Waals surface area (Å²) in [6.07, 6.45) is -2.09. The molecule has 0 unspecified atom stereocenters. The van der Waals surface area contributed by atoms with Crippen molar-refractivity contribution in [1.29, 1.82) is 0 Å². The average molecular weight is 322 g/mol. The lowest BCUT2D eigenvalue weighted by molar-refractivity contribution is -0.141. The normalized spacial score (nSPS) is 15.1. The Bertz CT molecular complexity index is 715. The first-order valence-corrected chi connectivity index (χ1v) is 7.01. The minimum absolute atomic E-state index is 0.0759. The lowest BCUT2D eigenvalue weighted by atomic mass is 10.2.